The van der Waals surface area contributed by atoms with Crippen molar-refractivity contribution in [2.45, 2.75) is 6.54 Å². The molecule has 3 N–H and O–H groups in total. The van der Waals surface area contributed by atoms with Crippen molar-refractivity contribution in [1.82, 2.24) is 9.44 Å². The van der Waals surface area contributed by atoms with Crippen LogP contribution in [0.15, 0.2) is 54.6 Å². The number of rotatable bonds is 6. The largest absolute Gasteiger partial charge is 0.497 e. The number of benzene rings is 2. The maximum atomic E-state index is 11.8. The molecule has 0 aromatic heterocycles. The molecule has 0 spiro atoms. The third-order valence-corrected chi connectivity index (χ3v) is 3.86. The van der Waals surface area contributed by atoms with Gasteiger partial charge in [0.1, 0.15) is 5.75 Å². The Morgan fingerprint density at radius 1 is 1.04 bits per heavy atom. The highest BCUT2D eigenvalue weighted by Gasteiger charge is 2.13. The number of hydrogen-bond donors (Lipinski definition) is 3. The summed E-state index contributed by atoms with van der Waals surface area (Å²) in [5, 5.41) is 2.42. The van der Waals surface area contributed by atoms with Gasteiger partial charge >= 0.3 is 16.2 Å². The van der Waals surface area contributed by atoms with Gasteiger partial charge in [-0.3, -0.25) is 0 Å². The molecule has 0 saturated heterocycles. The van der Waals surface area contributed by atoms with Crippen LogP contribution in [0, 0.1) is 0 Å². The zero-order valence-corrected chi connectivity index (χ0v) is 13.3. The Labute approximate surface area is 134 Å². The molecule has 0 atom stereocenters. The zero-order chi connectivity index (χ0) is 16.7. The molecular formula is C15H17N3O4S. The third-order valence-electron chi connectivity index (χ3n) is 2.88. The highest BCUT2D eigenvalue weighted by molar-refractivity contribution is 7.88. The standard InChI is InChI=1S/C15H17N3O4S/c1-22-14-9-7-13(8-10-14)17-15(19)18-23(20,21)16-11-12-5-3-2-4-6-12/h2-10,16H,11H2,1H3,(H2,17,18,19). The van der Waals surface area contributed by atoms with E-state index in [4.69, 9.17) is 4.74 Å². The summed E-state index contributed by atoms with van der Waals surface area (Å²) in [4.78, 5) is 11.7. The molecule has 7 nitrogen and oxygen atoms in total. The Kier molecular flexibility index (Phi) is 5.56. The van der Waals surface area contributed by atoms with Crippen LogP contribution in [0.25, 0.3) is 0 Å². The average molecular weight is 335 g/mol. The minimum absolute atomic E-state index is 0.0893. The monoisotopic (exact) mass is 335 g/mol. The van der Waals surface area contributed by atoms with Crippen LogP contribution in [0.2, 0.25) is 0 Å². The fourth-order valence-electron chi connectivity index (χ4n) is 1.76. The van der Waals surface area contributed by atoms with Crippen molar-refractivity contribution in [2.24, 2.45) is 0 Å². The second-order valence-corrected chi connectivity index (χ2v) is 6.09. The number of carbonyl (C=O) groups excluding carboxylic acids is 1. The lowest BCUT2D eigenvalue weighted by Crippen LogP contribution is -2.42. The molecule has 0 bridgehead atoms. The van der Waals surface area contributed by atoms with Crippen LogP contribution in [0.1, 0.15) is 5.56 Å². The number of ether oxygens (including phenoxy) is 1. The van der Waals surface area contributed by atoms with E-state index in [2.05, 4.69) is 10.0 Å². The Hall–Kier alpha value is -2.58. The Morgan fingerprint density at radius 2 is 1.70 bits per heavy atom. The van der Waals surface area contributed by atoms with E-state index in [1.54, 1.807) is 48.5 Å². The zero-order valence-electron chi connectivity index (χ0n) is 12.4. The number of carbonyl (C=O) groups is 1. The van der Waals surface area contributed by atoms with Crippen molar-refractivity contribution >= 4 is 21.9 Å². The molecule has 2 rings (SSSR count). The summed E-state index contributed by atoms with van der Waals surface area (Å²) in [6.45, 7) is 0.0893. The van der Waals surface area contributed by atoms with Gasteiger partial charge in [0.05, 0.1) is 7.11 Å². The van der Waals surface area contributed by atoms with E-state index in [0.29, 0.717) is 11.4 Å². The van der Waals surface area contributed by atoms with Gasteiger partial charge in [0.2, 0.25) is 0 Å². The van der Waals surface area contributed by atoms with Gasteiger partial charge < -0.3 is 10.1 Å². The first-order chi connectivity index (χ1) is 11.0. The van der Waals surface area contributed by atoms with Crippen molar-refractivity contribution in [2.75, 3.05) is 12.4 Å². The number of amides is 2. The molecule has 2 aromatic carbocycles. The van der Waals surface area contributed by atoms with E-state index in [-0.39, 0.29) is 6.54 Å². The topological polar surface area (TPSA) is 96.5 Å². The van der Waals surface area contributed by atoms with Gasteiger partial charge in [-0.2, -0.15) is 13.1 Å². The molecule has 0 aliphatic carbocycles. The smallest absolute Gasteiger partial charge is 0.333 e. The first-order valence-corrected chi connectivity index (χ1v) is 8.23. The highest BCUT2D eigenvalue weighted by Crippen LogP contribution is 2.14. The van der Waals surface area contributed by atoms with Gasteiger partial charge in [-0.25, -0.2) is 9.52 Å². The average Bonchev–Trinajstić information content (AvgIpc) is 2.54. The first kappa shape index (κ1) is 16.8. The quantitative estimate of drug-likeness (QED) is 0.750. The molecule has 0 radical (unpaired) electrons. The number of nitrogens with one attached hydrogen (secondary N) is 3. The van der Waals surface area contributed by atoms with Crippen molar-refractivity contribution in [3.05, 3.63) is 60.2 Å². The molecule has 2 aromatic rings. The lowest BCUT2D eigenvalue weighted by Gasteiger charge is -2.10. The summed E-state index contributed by atoms with van der Waals surface area (Å²) in [7, 11) is -2.42. The minimum atomic E-state index is -3.95. The molecule has 0 aliphatic rings. The molecule has 0 heterocycles. The Bertz CT molecular complexity index is 746. The Balaban J connectivity index is 1.87. The van der Waals surface area contributed by atoms with Crippen LogP contribution in [0.4, 0.5) is 10.5 Å². The molecule has 8 heteroatoms. The van der Waals surface area contributed by atoms with Gasteiger partial charge in [-0.05, 0) is 29.8 Å². The molecule has 0 fully saturated rings. The summed E-state index contributed by atoms with van der Waals surface area (Å²) in [5.74, 6) is 0.633. The normalized spacial score (nSPS) is 10.8. The highest BCUT2D eigenvalue weighted by atomic mass is 32.2. The predicted molar refractivity (Wildman–Crippen MR) is 87.3 cm³/mol. The van der Waals surface area contributed by atoms with Gasteiger partial charge in [-0.1, -0.05) is 30.3 Å². The van der Waals surface area contributed by atoms with E-state index in [1.165, 1.54) is 7.11 Å². The number of methoxy groups -OCH3 is 1. The number of urea groups is 1. The van der Waals surface area contributed by atoms with Crippen molar-refractivity contribution < 1.29 is 17.9 Å². The summed E-state index contributed by atoms with van der Waals surface area (Å²) in [6, 6.07) is 14.6. The third kappa shape index (κ3) is 5.61. The van der Waals surface area contributed by atoms with E-state index in [1.807, 2.05) is 10.8 Å². The van der Waals surface area contributed by atoms with E-state index in [0.717, 1.165) is 5.56 Å². The fourth-order valence-corrected chi connectivity index (χ4v) is 2.49. The van der Waals surface area contributed by atoms with Crippen LogP contribution >= 0.6 is 0 Å². The van der Waals surface area contributed by atoms with Gasteiger partial charge in [0.15, 0.2) is 0 Å². The van der Waals surface area contributed by atoms with Crippen LogP contribution in [0.5, 0.6) is 5.75 Å². The van der Waals surface area contributed by atoms with Crippen LogP contribution in [0.3, 0.4) is 0 Å². The SMILES string of the molecule is COc1ccc(NC(=O)NS(=O)(=O)NCc2ccccc2)cc1. The van der Waals surface area contributed by atoms with Crippen molar-refractivity contribution in [3.63, 3.8) is 0 Å². The van der Waals surface area contributed by atoms with Crippen LogP contribution < -0.4 is 19.5 Å². The summed E-state index contributed by atoms with van der Waals surface area (Å²) in [5.41, 5.74) is 1.23. The van der Waals surface area contributed by atoms with Crippen molar-refractivity contribution in [1.29, 1.82) is 0 Å². The second-order valence-electron chi connectivity index (χ2n) is 4.59. The Morgan fingerprint density at radius 3 is 2.30 bits per heavy atom. The molecule has 122 valence electrons. The minimum Gasteiger partial charge on any atom is -0.497 e. The molecule has 0 unspecified atom stereocenters. The van der Waals surface area contributed by atoms with E-state index in [9.17, 15) is 13.2 Å². The first-order valence-electron chi connectivity index (χ1n) is 6.75. The fraction of sp³-hybridized carbons (Fsp3) is 0.133. The van der Waals surface area contributed by atoms with Crippen LogP contribution in [-0.4, -0.2) is 21.6 Å². The van der Waals surface area contributed by atoms with Gasteiger partial charge in [0, 0.05) is 12.2 Å². The lowest BCUT2D eigenvalue weighted by molar-refractivity contribution is 0.256. The molecule has 2 amide bonds. The number of hydrogen-bond acceptors (Lipinski definition) is 4. The van der Waals surface area contributed by atoms with E-state index >= 15 is 0 Å². The summed E-state index contributed by atoms with van der Waals surface area (Å²) < 4.78 is 32.8. The van der Waals surface area contributed by atoms with Crippen molar-refractivity contribution in [3.8, 4) is 5.75 Å². The predicted octanol–water partition coefficient (Wildman–Crippen LogP) is 1.85. The summed E-state index contributed by atoms with van der Waals surface area (Å²) in [6.07, 6.45) is 0. The number of anilines is 1. The lowest BCUT2D eigenvalue weighted by atomic mass is 10.2. The van der Waals surface area contributed by atoms with Crippen LogP contribution in [-0.2, 0) is 16.8 Å². The van der Waals surface area contributed by atoms with E-state index < -0.39 is 16.2 Å². The second kappa shape index (κ2) is 7.61. The van der Waals surface area contributed by atoms with Gasteiger partial charge in [-0.15, -0.1) is 0 Å². The summed E-state index contributed by atoms with van der Waals surface area (Å²) >= 11 is 0. The molecule has 0 saturated carbocycles. The molecule has 0 aliphatic heterocycles. The maximum Gasteiger partial charge on any atom is 0.333 e. The molecular weight excluding hydrogens is 318 g/mol. The molecule has 23 heavy (non-hydrogen) atoms. The van der Waals surface area contributed by atoms with Gasteiger partial charge in [0.25, 0.3) is 0 Å². The maximum absolute atomic E-state index is 11.8.